The maximum atomic E-state index is 12.7. The van der Waals surface area contributed by atoms with Gasteiger partial charge in [0.25, 0.3) is 0 Å². The van der Waals surface area contributed by atoms with Crippen molar-refractivity contribution in [2.75, 3.05) is 142 Å². The van der Waals surface area contributed by atoms with Crippen molar-refractivity contribution in [1.82, 2.24) is 0 Å². The van der Waals surface area contributed by atoms with E-state index in [1.807, 2.05) is 96.9 Å². The molecule has 7 N–H and O–H groups in total. The SMILES string of the molecule is COCCCCCCOC(=O)[C@H]1CC[C@@](C)(C(=O)O)C1(C)C.COCCCCCOC(=O)[C@H]1CC[C@@](C)(C(=O)O)C1(C)C.COCCCCOC(=O)[C@H]1CC[C@@](C)(C(=O)O)C1(C)C.COCCCOC(=O)[C@H]1CC[C@@](C)(C(=O)O)C1(C)C.COCCOC(=O)[C@H]1CC[C@@](C)(C(=O)O)C1(C)C.CO[C@@H]1COC[C@@H]1OC(=O)[C@H]1CC[C@@](C)(C(=O)O)C1(C)C.CO[C@H]1CO[C@H]2[C@@H]1OC[C@H]2OC(=O)[C@H]1CC[C@@](C)(C(=O)O)C1(C)C. The fourth-order valence-corrected chi connectivity index (χ4v) is 22.3. The van der Waals surface area contributed by atoms with Crippen molar-refractivity contribution < 1.29 is 183 Å². The summed E-state index contributed by atoms with van der Waals surface area (Å²) in [7, 11) is 11.3. The van der Waals surface area contributed by atoms with Gasteiger partial charge in [-0.2, -0.15) is 0 Å². The van der Waals surface area contributed by atoms with Gasteiger partial charge in [0, 0.05) is 82.6 Å². The lowest BCUT2D eigenvalue weighted by Gasteiger charge is -2.37. The second-order valence-corrected chi connectivity index (χ2v) is 46.1. The fraction of sp³-hybridized carbons (Fsp3) is 0.869. The van der Waals surface area contributed by atoms with Gasteiger partial charge in [0.05, 0.1) is 139 Å². The van der Waals surface area contributed by atoms with E-state index >= 15 is 0 Å². The van der Waals surface area contributed by atoms with Crippen LogP contribution in [-0.4, -0.2) is 298 Å². The standard InChI is InChI=1S/C17H26O7.C17H30O5.C16H28O5.C15H24O6.C15H26O5.C14H24O5.C13H22O5/c1-16(2)9(5-6-17(16,3)15(19)20)14(18)24-11-8-23-12-10(21-4)7-22-13(11)12;1-16(2)13(9-10-17(16,3)15(19)20)14(18)22-12-8-6-5-7-11-21-4;1-15(2)12(8-9-16(15,3)14(18)19)13(17)21-11-7-5-6-10-20-4;1-14(2)9(5-6-15(14,3)13(17)18)12(16)21-11-8-20-7-10(11)19-4;1-14(2)11(7-8-15(14,3)13(17)18)12(16)20-10-6-5-9-19-4;1-13(2)10(6-7-14(13,3)12(16)17)11(15)19-9-5-8-18-4;1-12(2)9(10(14)18-8-7-17-4)5-6-13(12,3)11(15)16/h9-13H,5-8H2,1-4H3,(H,19,20);13H,5-12H2,1-4H3,(H,19,20);12H,5-11H2,1-4H3,(H,18,19);9-11H,5-8H2,1-4H3,(H,17,18);11H,5-10H2,1-4H3,(H,17,18);10H,5-9H2,1-4H3,(H,16,17);9H,5-8H2,1-4H3,(H,15,16)/t9-,10+,11-,12-,13-,17+;13-,17+;12-,16+;9-,10-,11+,15+;11-,15+;10-,14+;9-,13+/m1111111/s1. The predicted octanol–water partition coefficient (Wildman–Crippen LogP) is 15.1. The molecule has 0 radical (unpaired) electrons. The summed E-state index contributed by atoms with van der Waals surface area (Å²) in [6.07, 6.45) is 14.6. The van der Waals surface area contributed by atoms with Crippen molar-refractivity contribution in [2.24, 2.45) is 117 Å². The summed E-state index contributed by atoms with van der Waals surface area (Å²) in [6.45, 7) is 44.1. The molecule has 0 spiro atoms. The van der Waals surface area contributed by atoms with Gasteiger partial charge >= 0.3 is 83.6 Å². The van der Waals surface area contributed by atoms with Gasteiger partial charge in [0.2, 0.25) is 0 Å². The number of carbonyl (C=O) groups is 14. The summed E-state index contributed by atoms with van der Waals surface area (Å²) >= 11 is 0. The van der Waals surface area contributed by atoms with Gasteiger partial charge in [0.15, 0.2) is 12.2 Å². The van der Waals surface area contributed by atoms with Gasteiger partial charge < -0.3 is 116 Å². The summed E-state index contributed by atoms with van der Waals surface area (Å²) in [4.78, 5) is 166. The first-order valence-corrected chi connectivity index (χ1v) is 51.5. The molecule has 145 heavy (non-hydrogen) atoms. The highest BCUT2D eigenvalue weighted by Crippen LogP contribution is 2.63. The van der Waals surface area contributed by atoms with Gasteiger partial charge in [-0.05, 0) is 228 Å². The number of carboxylic acid groups (broad SMARTS) is 7. The monoisotopic (exact) mass is 2070 g/mol. The first kappa shape index (κ1) is 129. The Morgan fingerprint density at radius 3 is 0.662 bits per heavy atom. The summed E-state index contributed by atoms with van der Waals surface area (Å²) in [5.74, 6) is -10.6. The van der Waals surface area contributed by atoms with Crippen LogP contribution in [-0.2, 0) is 148 Å². The Morgan fingerprint density at radius 1 is 0.221 bits per heavy atom. The van der Waals surface area contributed by atoms with Crippen LogP contribution in [0, 0.1) is 117 Å². The van der Waals surface area contributed by atoms with Crippen molar-refractivity contribution in [3.05, 3.63) is 0 Å². The number of rotatable bonds is 43. The van der Waals surface area contributed by atoms with E-state index in [1.165, 1.54) is 7.11 Å². The third-order valence-electron chi connectivity index (χ3n) is 36.9. The van der Waals surface area contributed by atoms with E-state index in [2.05, 4.69) is 0 Å². The van der Waals surface area contributed by atoms with Crippen LogP contribution >= 0.6 is 0 Å². The van der Waals surface area contributed by atoms with E-state index in [1.54, 1.807) is 91.1 Å². The highest BCUT2D eigenvalue weighted by Gasteiger charge is 2.66. The van der Waals surface area contributed by atoms with E-state index in [-0.39, 0.29) is 109 Å². The molecule has 38 nitrogen and oxygen atoms in total. The number of fused-ring (bicyclic) bond motifs is 1. The average molecular weight is 2070 g/mol. The van der Waals surface area contributed by atoms with Crippen molar-refractivity contribution in [3.8, 4) is 0 Å². The van der Waals surface area contributed by atoms with Crippen LogP contribution in [0.2, 0.25) is 0 Å². The molecule has 0 aromatic carbocycles. The molecular formula is C107H180O38. The van der Waals surface area contributed by atoms with Gasteiger partial charge in [-0.25, -0.2) is 0 Å². The summed E-state index contributed by atoms with van der Waals surface area (Å²) in [6, 6.07) is 0. The van der Waals surface area contributed by atoms with Crippen LogP contribution in [0.5, 0.6) is 0 Å². The Balaban J connectivity index is 0.000000353. The quantitative estimate of drug-likeness (QED) is 0.0169. The minimum Gasteiger partial charge on any atom is -0.481 e. The maximum absolute atomic E-state index is 12.7. The van der Waals surface area contributed by atoms with E-state index in [4.69, 9.17) is 80.5 Å². The molecule has 7 saturated carbocycles. The van der Waals surface area contributed by atoms with Crippen LogP contribution in [0.3, 0.4) is 0 Å². The van der Waals surface area contributed by atoms with Crippen molar-refractivity contribution in [2.45, 2.75) is 336 Å². The lowest BCUT2D eigenvalue weighted by atomic mass is 9.66. The number of esters is 7. The smallest absolute Gasteiger partial charge is 0.309 e. The molecule has 0 aromatic heterocycles. The second-order valence-electron chi connectivity index (χ2n) is 46.1. The van der Waals surface area contributed by atoms with Crippen LogP contribution in [0.25, 0.3) is 0 Å². The zero-order valence-electron chi connectivity index (χ0n) is 92.2. The lowest BCUT2D eigenvalue weighted by molar-refractivity contribution is -0.168. The summed E-state index contributed by atoms with van der Waals surface area (Å²) in [5, 5.41) is 66.1. The number of methoxy groups -OCH3 is 7. The zero-order chi connectivity index (χ0) is 110. The van der Waals surface area contributed by atoms with Crippen molar-refractivity contribution >= 4 is 83.6 Å². The topological polar surface area (TPSA) is 538 Å². The number of hydrogen-bond donors (Lipinski definition) is 7. The molecule has 38 heteroatoms. The fourth-order valence-electron chi connectivity index (χ4n) is 22.3. The number of carbonyl (C=O) groups excluding carboxylic acids is 7. The number of ether oxygens (including phenoxy) is 17. The minimum atomic E-state index is -0.934. The molecule has 10 aliphatic rings. The molecule has 20 atom stereocenters. The number of unbranched alkanes of at least 4 members (excludes halogenated alkanes) is 6. The molecule has 3 saturated heterocycles. The highest BCUT2D eigenvalue weighted by molar-refractivity contribution is 5.86. The largest absolute Gasteiger partial charge is 0.481 e. The molecule has 10 fully saturated rings. The van der Waals surface area contributed by atoms with Gasteiger partial charge in [-0.1, -0.05) is 103 Å². The summed E-state index contributed by atoms with van der Waals surface area (Å²) in [5.41, 5.74) is -10.5. The molecule has 10 rings (SSSR count). The molecule has 3 heterocycles. The van der Waals surface area contributed by atoms with Gasteiger partial charge in [-0.3, -0.25) is 67.1 Å². The van der Waals surface area contributed by atoms with E-state index in [0.29, 0.717) is 162 Å². The lowest BCUT2D eigenvalue weighted by Crippen LogP contribution is -2.44. The molecule has 0 aromatic rings. The maximum Gasteiger partial charge on any atom is 0.309 e. The van der Waals surface area contributed by atoms with Crippen LogP contribution in [0.15, 0.2) is 0 Å². The van der Waals surface area contributed by atoms with Crippen LogP contribution in [0.1, 0.15) is 299 Å². The van der Waals surface area contributed by atoms with Crippen molar-refractivity contribution in [3.63, 3.8) is 0 Å². The Hall–Kier alpha value is -7.82. The zero-order valence-corrected chi connectivity index (χ0v) is 92.2. The molecule has 836 valence electrons. The number of carboxylic acids is 7. The highest BCUT2D eigenvalue weighted by atomic mass is 16.7. The number of aliphatic carboxylic acids is 7. The van der Waals surface area contributed by atoms with Crippen molar-refractivity contribution in [1.29, 1.82) is 0 Å². The average Bonchev–Trinajstić information content (AvgIpc) is 1.61. The molecule has 3 aliphatic heterocycles. The summed E-state index contributed by atoms with van der Waals surface area (Å²) < 4.78 is 89.3. The van der Waals surface area contributed by atoms with Gasteiger partial charge in [-0.15, -0.1) is 0 Å². The predicted molar refractivity (Wildman–Crippen MR) is 528 cm³/mol. The normalized spacial score (nSPS) is 32.3. The third kappa shape index (κ3) is 29.5. The Morgan fingerprint density at radius 2 is 0.414 bits per heavy atom. The van der Waals surface area contributed by atoms with E-state index < -0.39 is 142 Å². The van der Waals surface area contributed by atoms with E-state index in [0.717, 1.165) is 71.0 Å². The molecule has 0 bridgehead atoms. The second kappa shape index (κ2) is 55.3. The Kier molecular flexibility index (Phi) is 49.4. The molecular weight excluding hydrogens is 1890 g/mol. The third-order valence-corrected chi connectivity index (χ3v) is 36.9. The Bertz CT molecular complexity index is 4250. The molecule has 0 amide bonds. The van der Waals surface area contributed by atoms with E-state index in [9.17, 15) is 103 Å². The first-order valence-electron chi connectivity index (χ1n) is 51.5. The number of hydrogen-bond acceptors (Lipinski definition) is 31. The molecule has 7 aliphatic carbocycles. The van der Waals surface area contributed by atoms with Crippen LogP contribution < -0.4 is 0 Å². The van der Waals surface area contributed by atoms with Gasteiger partial charge in [0.1, 0.15) is 31.0 Å². The van der Waals surface area contributed by atoms with Crippen LogP contribution in [0.4, 0.5) is 0 Å². The Labute approximate surface area is 858 Å². The minimum absolute atomic E-state index is 0.142. The molecule has 0 unspecified atom stereocenters. The first-order chi connectivity index (χ1) is 67.3.